The molecule has 1 aliphatic rings. The van der Waals surface area contributed by atoms with Crippen molar-refractivity contribution < 1.29 is 18.1 Å². The van der Waals surface area contributed by atoms with Crippen molar-refractivity contribution in [1.29, 1.82) is 0 Å². The highest BCUT2D eigenvalue weighted by atomic mass is 32.1. The molecule has 3 unspecified atom stereocenters. The number of carbonyl (C=O) groups excluding carboxylic acids is 1. The van der Waals surface area contributed by atoms with Crippen LogP contribution >= 0.6 is 12.6 Å². The molecule has 4 nitrogen and oxygen atoms in total. The number of Topliss-reactive ketones (excluding diaryl/α,β-unsaturated/α-hetero) is 1. The van der Waals surface area contributed by atoms with Crippen LogP contribution in [0, 0.1) is 11.8 Å². The molecular weight excluding hydrogens is 316 g/mol. The molecule has 0 aliphatic heterocycles. The van der Waals surface area contributed by atoms with E-state index in [-0.39, 0.29) is 17.2 Å². The van der Waals surface area contributed by atoms with E-state index < -0.39 is 8.80 Å². The molecule has 0 heterocycles. The molecule has 130 valence electrons. The first-order valence-corrected chi connectivity index (χ1v) is 11.0. The molecular formula is C16H32O4SSi. The third kappa shape index (κ3) is 5.06. The molecule has 0 spiro atoms. The van der Waals surface area contributed by atoms with Crippen LogP contribution in [0.5, 0.6) is 0 Å². The maximum Gasteiger partial charge on any atom is 0.504 e. The summed E-state index contributed by atoms with van der Waals surface area (Å²) in [6.45, 7) is 9.94. The third-order valence-corrected chi connectivity index (χ3v) is 8.60. The zero-order valence-electron chi connectivity index (χ0n) is 14.5. The second-order valence-corrected chi connectivity index (χ2v) is 9.24. The fraction of sp³-hybridized carbons (Fsp3) is 0.938. The van der Waals surface area contributed by atoms with Gasteiger partial charge in [0.2, 0.25) is 0 Å². The predicted octanol–water partition coefficient (Wildman–Crippen LogP) is 3.73. The lowest BCUT2D eigenvalue weighted by Gasteiger charge is -2.40. The summed E-state index contributed by atoms with van der Waals surface area (Å²) in [5.41, 5.74) is 0.225. The number of carbonyl (C=O) groups is 1. The Kier molecular flexibility index (Phi) is 9.24. The van der Waals surface area contributed by atoms with Crippen LogP contribution in [0.15, 0.2) is 0 Å². The summed E-state index contributed by atoms with van der Waals surface area (Å²) in [5, 5.41) is 0. The Hall–Kier alpha value is 0.117. The van der Waals surface area contributed by atoms with E-state index in [1.807, 2.05) is 20.8 Å². The summed E-state index contributed by atoms with van der Waals surface area (Å²) >= 11 is 4.15. The number of ketones is 1. The van der Waals surface area contributed by atoms with Gasteiger partial charge in [-0.2, -0.15) is 12.6 Å². The van der Waals surface area contributed by atoms with Gasteiger partial charge >= 0.3 is 8.80 Å². The van der Waals surface area contributed by atoms with Gasteiger partial charge in [-0.1, -0.05) is 19.8 Å². The van der Waals surface area contributed by atoms with E-state index in [0.717, 1.165) is 25.7 Å². The van der Waals surface area contributed by atoms with Crippen LogP contribution < -0.4 is 0 Å². The van der Waals surface area contributed by atoms with Gasteiger partial charge in [0, 0.05) is 37.0 Å². The lowest BCUT2D eigenvalue weighted by molar-refractivity contribution is -0.121. The van der Waals surface area contributed by atoms with E-state index in [2.05, 4.69) is 19.6 Å². The van der Waals surface area contributed by atoms with Crippen LogP contribution in [0.4, 0.5) is 0 Å². The maximum atomic E-state index is 12.0. The summed E-state index contributed by atoms with van der Waals surface area (Å²) in [6.07, 6.45) is 4.13. The first kappa shape index (κ1) is 20.2. The monoisotopic (exact) mass is 348 g/mol. The minimum atomic E-state index is -2.69. The first-order valence-electron chi connectivity index (χ1n) is 8.59. The lowest BCUT2D eigenvalue weighted by atomic mass is 9.78. The largest absolute Gasteiger partial charge is 0.504 e. The van der Waals surface area contributed by atoms with Gasteiger partial charge in [-0.3, -0.25) is 4.79 Å². The smallest absolute Gasteiger partial charge is 0.374 e. The molecule has 1 rings (SSSR count). The molecule has 3 atom stereocenters. The molecule has 1 aliphatic carbocycles. The van der Waals surface area contributed by atoms with Crippen LogP contribution in [0.2, 0.25) is 5.54 Å². The van der Waals surface area contributed by atoms with E-state index >= 15 is 0 Å². The molecule has 22 heavy (non-hydrogen) atoms. The number of hydrogen-bond donors (Lipinski definition) is 1. The van der Waals surface area contributed by atoms with Crippen LogP contribution in [0.3, 0.4) is 0 Å². The Labute approximate surface area is 142 Å². The predicted molar refractivity (Wildman–Crippen MR) is 94.4 cm³/mol. The van der Waals surface area contributed by atoms with Crippen LogP contribution in [-0.4, -0.2) is 40.2 Å². The number of thiol groups is 1. The second kappa shape index (κ2) is 10.1. The van der Waals surface area contributed by atoms with Crippen LogP contribution in [-0.2, 0) is 18.1 Å². The summed E-state index contributed by atoms with van der Waals surface area (Å²) in [6, 6.07) is 0. The molecule has 0 aromatic carbocycles. The van der Waals surface area contributed by atoms with Gasteiger partial charge in [-0.05, 0) is 39.5 Å². The highest BCUT2D eigenvalue weighted by molar-refractivity contribution is 7.81. The molecule has 1 saturated carbocycles. The summed E-state index contributed by atoms with van der Waals surface area (Å²) in [4.78, 5) is 12.0. The fourth-order valence-corrected chi connectivity index (χ4v) is 6.90. The quantitative estimate of drug-likeness (QED) is 0.483. The van der Waals surface area contributed by atoms with Gasteiger partial charge in [-0.25, -0.2) is 0 Å². The van der Waals surface area contributed by atoms with Crippen molar-refractivity contribution in [3.63, 3.8) is 0 Å². The lowest BCUT2D eigenvalue weighted by Crippen LogP contribution is -2.52. The molecule has 0 aromatic rings. The van der Waals surface area contributed by atoms with E-state index in [0.29, 0.717) is 31.5 Å². The summed E-state index contributed by atoms with van der Waals surface area (Å²) in [5.74, 6) is 1.20. The van der Waals surface area contributed by atoms with Crippen LogP contribution in [0.1, 0.15) is 53.4 Å². The van der Waals surface area contributed by atoms with Crippen molar-refractivity contribution >= 4 is 27.2 Å². The molecule has 0 bridgehead atoms. The van der Waals surface area contributed by atoms with Crippen molar-refractivity contribution in [3.05, 3.63) is 0 Å². The highest BCUT2D eigenvalue weighted by Crippen LogP contribution is 2.42. The topological polar surface area (TPSA) is 44.8 Å². The van der Waals surface area contributed by atoms with Crippen LogP contribution in [0.25, 0.3) is 0 Å². The van der Waals surface area contributed by atoms with Gasteiger partial charge < -0.3 is 13.3 Å². The van der Waals surface area contributed by atoms with Crippen molar-refractivity contribution in [2.24, 2.45) is 11.8 Å². The van der Waals surface area contributed by atoms with Crippen molar-refractivity contribution in [2.45, 2.75) is 58.9 Å². The minimum Gasteiger partial charge on any atom is -0.374 e. The van der Waals surface area contributed by atoms with E-state index in [9.17, 15) is 4.79 Å². The molecule has 0 N–H and O–H groups in total. The van der Waals surface area contributed by atoms with Crippen molar-refractivity contribution in [3.8, 4) is 0 Å². The molecule has 0 saturated heterocycles. The summed E-state index contributed by atoms with van der Waals surface area (Å²) < 4.78 is 18.1. The van der Waals surface area contributed by atoms with E-state index in [1.165, 1.54) is 0 Å². The number of rotatable bonds is 10. The average Bonchev–Trinajstić information content (AvgIpc) is 2.54. The Bertz CT molecular complexity index is 323. The van der Waals surface area contributed by atoms with Gasteiger partial charge in [-0.15, -0.1) is 0 Å². The van der Waals surface area contributed by atoms with Gasteiger partial charge in [0.25, 0.3) is 0 Å². The standard InChI is InChI=1S/C16H32O4SSi/c1-5-18-22(19-6-2,20-7-3)13(4)14-9-8-10-15(11-14)16(17)12-21/h13-15,21H,5-12H2,1-4H3. The van der Waals surface area contributed by atoms with E-state index in [4.69, 9.17) is 13.3 Å². The second-order valence-electron chi connectivity index (χ2n) is 5.94. The Morgan fingerprint density at radius 3 is 2.14 bits per heavy atom. The van der Waals surface area contributed by atoms with E-state index in [1.54, 1.807) is 0 Å². The molecule has 0 aromatic heterocycles. The maximum absolute atomic E-state index is 12.0. The molecule has 0 radical (unpaired) electrons. The molecule has 6 heteroatoms. The highest BCUT2D eigenvalue weighted by Gasteiger charge is 2.50. The van der Waals surface area contributed by atoms with Gasteiger partial charge in [0.05, 0.1) is 0 Å². The van der Waals surface area contributed by atoms with Gasteiger partial charge in [0.15, 0.2) is 0 Å². The summed E-state index contributed by atoms with van der Waals surface area (Å²) in [7, 11) is -2.69. The third-order valence-electron chi connectivity index (χ3n) is 4.63. The Morgan fingerprint density at radius 1 is 1.14 bits per heavy atom. The molecule has 1 fully saturated rings. The Balaban J connectivity index is 2.86. The Morgan fingerprint density at radius 2 is 1.68 bits per heavy atom. The number of hydrogen-bond acceptors (Lipinski definition) is 5. The minimum absolute atomic E-state index is 0.148. The molecule has 0 amide bonds. The van der Waals surface area contributed by atoms with Gasteiger partial charge in [0.1, 0.15) is 5.78 Å². The first-order chi connectivity index (χ1) is 10.5. The SMILES string of the molecule is CCO[Si](OCC)(OCC)C(C)C1CCCC(C(=O)CS)C1. The average molecular weight is 349 g/mol. The fourth-order valence-electron chi connectivity index (χ4n) is 3.51. The zero-order valence-corrected chi connectivity index (χ0v) is 16.4. The van der Waals surface area contributed by atoms with Crippen molar-refractivity contribution in [1.82, 2.24) is 0 Å². The zero-order chi connectivity index (χ0) is 16.6. The normalized spacial score (nSPS) is 24.2. The van der Waals surface area contributed by atoms with Crippen molar-refractivity contribution in [2.75, 3.05) is 25.6 Å².